The normalized spacial score (nSPS) is 13.2. The maximum atomic E-state index is 11.9. The summed E-state index contributed by atoms with van der Waals surface area (Å²) >= 11 is 12.0. The number of phenols is 1. The van der Waals surface area contributed by atoms with Gasteiger partial charge in [0.05, 0.1) is 11.2 Å². The fourth-order valence-electron chi connectivity index (χ4n) is 2.16. The maximum Gasteiger partial charge on any atom is 0.271 e. The number of amides is 1. The van der Waals surface area contributed by atoms with Gasteiger partial charge in [0, 0.05) is 21.7 Å². The van der Waals surface area contributed by atoms with E-state index in [0.29, 0.717) is 21.4 Å². The average molecular weight is 363 g/mol. The van der Waals surface area contributed by atoms with E-state index in [-0.39, 0.29) is 18.3 Å². The van der Waals surface area contributed by atoms with Gasteiger partial charge in [0.2, 0.25) is 0 Å². The monoisotopic (exact) mass is 362 g/mol. The molecule has 0 spiro atoms. The van der Waals surface area contributed by atoms with Gasteiger partial charge in [-0.25, -0.2) is 5.43 Å². The summed E-state index contributed by atoms with van der Waals surface area (Å²) in [6, 6.07) is 9.23. The Morgan fingerprint density at radius 3 is 2.75 bits per heavy atom. The van der Waals surface area contributed by atoms with Gasteiger partial charge in [-0.1, -0.05) is 23.2 Å². The molecule has 0 aliphatic carbocycles. The third kappa shape index (κ3) is 3.69. The molecule has 2 aromatic rings. The molecule has 5 nitrogen and oxygen atoms in total. The average Bonchev–Trinajstić information content (AvgIpc) is 2.55. The lowest BCUT2D eigenvalue weighted by atomic mass is 10.1. The van der Waals surface area contributed by atoms with Crippen LogP contribution < -0.4 is 10.2 Å². The minimum atomic E-state index is -0.380. The van der Waals surface area contributed by atoms with Crippen LogP contribution in [0.4, 0.5) is 0 Å². The molecule has 0 aromatic heterocycles. The summed E-state index contributed by atoms with van der Waals surface area (Å²) in [7, 11) is 0. The van der Waals surface area contributed by atoms with Gasteiger partial charge in [-0.2, -0.15) is 5.10 Å². The Balaban J connectivity index is 1.70. The summed E-state index contributed by atoms with van der Waals surface area (Å²) in [4.78, 5) is 11.9. The van der Waals surface area contributed by atoms with Crippen LogP contribution in [0.5, 0.6) is 11.5 Å². The van der Waals surface area contributed by atoms with E-state index < -0.39 is 0 Å². The Bertz CT molecular complexity index is 846. The smallest absolute Gasteiger partial charge is 0.271 e. The minimum Gasteiger partial charge on any atom is -0.508 e. The molecule has 0 saturated carbocycles. The summed E-state index contributed by atoms with van der Waals surface area (Å²) in [5.74, 6) is 0.289. The highest BCUT2D eigenvalue weighted by Crippen LogP contribution is 2.36. The summed E-state index contributed by atoms with van der Waals surface area (Å²) in [6.07, 6.45) is 3.34. The molecule has 0 atom stereocenters. The van der Waals surface area contributed by atoms with Crippen molar-refractivity contribution in [2.24, 2.45) is 5.10 Å². The van der Waals surface area contributed by atoms with E-state index in [1.165, 1.54) is 30.5 Å². The van der Waals surface area contributed by atoms with Crippen LogP contribution in [0.1, 0.15) is 15.9 Å². The fraction of sp³-hybridized carbons (Fsp3) is 0.0588. The van der Waals surface area contributed by atoms with E-state index in [0.717, 1.165) is 11.1 Å². The zero-order valence-electron chi connectivity index (χ0n) is 12.3. The number of rotatable bonds is 3. The third-order valence-electron chi connectivity index (χ3n) is 3.29. The highest BCUT2D eigenvalue weighted by atomic mass is 35.5. The quantitative estimate of drug-likeness (QED) is 0.642. The predicted octanol–water partition coefficient (Wildman–Crippen LogP) is 3.89. The summed E-state index contributed by atoms with van der Waals surface area (Å²) in [5, 5.41) is 14.1. The molecule has 3 rings (SSSR count). The number of halogens is 2. The lowest BCUT2D eigenvalue weighted by Crippen LogP contribution is -2.18. The van der Waals surface area contributed by atoms with Crippen LogP contribution in [0, 0.1) is 0 Å². The van der Waals surface area contributed by atoms with Gasteiger partial charge in [0.25, 0.3) is 5.91 Å². The molecule has 122 valence electrons. The number of phenolic OH excluding ortho intramolecular Hbond substituents is 1. The second kappa shape index (κ2) is 6.95. The van der Waals surface area contributed by atoms with E-state index in [1.54, 1.807) is 12.1 Å². The topological polar surface area (TPSA) is 70.9 Å². The SMILES string of the molecule is O=C(N/N=C/C1=Cc2cc(Cl)cc(Cl)c2OC1)c1ccc(O)cc1. The molecule has 0 fully saturated rings. The summed E-state index contributed by atoms with van der Waals surface area (Å²) < 4.78 is 5.59. The van der Waals surface area contributed by atoms with Crippen molar-refractivity contribution in [2.75, 3.05) is 6.61 Å². The summed E-state index contributed by atoms with van der Waals surface area (Å²) in [5.41, 5.74) is 4.32. The Kier molecular flexibility index (Phi) is 4.74. The van der Waals surface area contributed by atoms with Gasteiger partial charge >= 0.3 is 0 Å². The van der Waals surface area contributed by atoms with E-state index >= 15 is 0 Å². The molecule has 2 N–H and O–H groups in total. The zero-order valence-corrected chi connectivity index (χ0v) is 13.8. The largest absolute Gasteiger partial charge is 0.508 e. The molecule has 1 aliphatic rings. The molecule has 0 radical (unpaired) electrons. The minimum absolute atomic E-state index is 0.0931. The first kappa shape index (κ1) is 16.4. The molecule has 0 unspecified atom stereocenters. The van der Waals surface area contributed by atoms with Crippen molar-refractivity contribution in [1.82, 2.24) is 5.43 Å². The van der Waals surface area contributed by atoms with E-state index in [4.69, 9.17) is 27.9 Å². The first-order valence-electron chi connectivity index (χ1n) is 6.98. The number of benzene rings is 2. The van der Waals surface area contributed by atoms with E-state index in [1.807, 2.05) is 6.08 Å². The molecule has 1 amide bonds. The number of aromatic hydroxyl groups is 1. The zero-order chi connectivity index (χ0) is 17.1. The van der Waals surface area contributed by atoms with Crippen molar-refractivity contribution in [2.45, 2.75) is 0 Å². The van der Waals surface area contributed by atoms with Crippen molar-refractivity contribution in [3.63, 3.8) is 0 Å². The number of hydrogen-bond donors (Lipinski definition) is 2. The molecule has 7 heteroatoms. The Labute approximate surface area is 148 Å². The molecule has 0 saturated heterocycles. The standard InChI is InChI=1S/C17H12Cl2N2O3/c18-13-6-12-5-10(9-24-16(12)15(19)7-13)8-20-21-17(23)11-1-3-14(22)4-2-11/h1-8,22H,9H2,(H,21,23)/b20-8+. The Morgan fingerprint density at radius 1 is 1.25 bits per heavy atom. The number of ether oxygens (including phenoxy) is 1. The summed E-state index contributed by atoms with van der Waals surface area (Å²) in [6.45, 7) is 0.285. The van der Waals surface area contributed by atoms with Crippen molar-refractivity contribution < 1.29 is 14.6 Å². The van der Waals surface area contributed by atoms with Crippen molar-refractivity contribution >= 4 is 41.4 Å². The molecule has 1 aliphatic heterocycles. The number of carbonyl (C=O) groups excluding carboxylic acids is 1. The number of nitrogens with zero attached hydrogens (tertiary/aromatic N) is 1. The van der Waals surface area contributed by atoms with Gasteiger partial charge in [-0.15, -0.1) is 0 Å². The van der Waals surface area contributed by atoms with Crippen LogP contribution in [-0.4, -0.2) is 23.8 Å². The number of hydrogen-bond acceptors (Lipinski definition) is 4. The number of carbonyl (C=O) groups is 1. The lowest BCUT2D eigenvalue weighted by molar-refractivity contribution is 0.0955. The molecule has 1 heterocycles. The molecular weight excluding hydrogens is 351 g/mol. The van der Waals surface area contributed by atoms with Gasteiger partial charge in [-0.05, 0) is 42.5 Å². The van der Waals surface area contributed by atoms with Crippen LogP contribution in [0.2, 0.25) is 10.0 Å². The van der Waals surface area contributed by atoms with E-state index in [9.17, 15) is 9.90 Å². The van der Waals surface area contributed by atoms with Gasteiger partial charge in [0.15, 0.2) is 0 Å². The predicted molar refractivity (Wildman–Crippen MR) is 94.0 cm³/mol. The first-order valence-corrected chi connectivity index (χ1v) is 7.73. The highest BCUT2D eigenvalue weighted by Gasteiger charge is 2.15. The van der Waals surface area contributed by atoms with Crippen molar-refractivity contribution in [3.8, 4) is 11.5 Å². The van der Waals surface area contributed by atoms with Crippen LogP contribution in [-0.2, 0) is 0 Å². The van der Waals surface area contributed by atoms with Crippen LogP contribution >= 0.6 is 23.2 Å². The number of hydrazone groups is 1. The number of fused-ring (bicyclic) bond motifs is 1. The van der Waals surface area contributed by atoms with Gasteiger partial charge in [-0.3, -0.25) is 4.79 Å². The third-order valence-corrected chi connectivity index (χ3v) is 3.79. The van der Waals surface area contributed by atoms with Gasteiger partial charge < -0.3 is 9.84 Å². The highest BCUT2D eigenvalue weighted by molar-refractivity contribution is 6.36. The van der Waals surface area contributed by atoms with Crippen molar-refractivity contribution in [1.29, 1.82) is 0 Å². The van der Waals surface area contributed by atoms with Gasteiger partial charge in [0.1, 0.15) is 18.1 Å². The fourth-order valence-corrected chi connectivity index (χ4v) is 2.73. The van der Waals surface area contributed by atoms with E-state index in [2.05, 4.69) is 10.5 Å². The second-order valence-electron chi connectivity index (χ2n) is 5.06. The van der Waals surface area contributed by atoms with Crippen LogP contribution in [0.3, 0.4) is 0 Å². The Morgan fingerprint density at radius 2 is 2.00 bits per heavy atom. The molecule has 2 aromatic carbocycles. The molecular formula is C17H12Cl2N2O3. The maximum absolute atomic E-state index is 11.9. The second-order valence-corrected chi connectivity index (χ2v) is 5.90. The Hall–Kier alpha value is -2.50. The van der Waals surface area contributed by atoms with Crippen LogP contribution in [0.25, 0.3) is 6.08 Å². The number of nitrogens with one attached hydrogen (secondary N) is 1. The first-order chi connectivity index (χ1) is 11.5. The molecule has 24 heavy (non-hydrogen) atoms. The van der Waals surface area contributed by atoms with Crippen molar-refractivity contribution in [3.05, 3.63) is 63.1 Å². The lowest BCUT2D eigenvalue weighted by Gasteiger charge is -2.17. The van der Waals surface area contributed by atoms with Crippen LogP contribution in [0.15, 0.2) is 47.1 Å². The molecule has 0 bridgehead atoms.